The topological polar surface area (TPSA) is 62.6 Å². The molecule has 5 heteroatoms. The predicted molar refractivity (Wildman–Crippen MR) is 123 cm³/mol. The van der Waals surface area contributed by atoms with Crippen LogP contribution in [0.25, 0.3) is 0 Å². The van der Waals surface area contributed by atoms with Crippen LogP contribution in [0.4, 0.5) is 5.69 Å². The van der Waals surface area contributed by atoms with Crippen molar-refractivity contribution in [3.8, 4) is 0 Å². The first-order chi connectivity index (χ1) is 15.1. The van der Waals surface area contributed by atoms with Gasteiger partial charge in [-0.25, -0.2) is 0 Å². The molecule has 3 aromatic rings. The number of aromatic nitrogens is 1. The molecule has 0 aliphatic carbocycles. The van der Waals surface area contributed by atoms with E-state index in [9.17, 15) is 9.70 Å². The number of amides is 1. The molecule has 0 spiro atoms. The molecular formula is C26H27N3O2. The fourth-order valence-corrected chi connectivity index (χ4v) is 4.47. The SMILES string of the molecule is Cc1cc(C(C[C@H](c2ccc(N3CCCC3=O)cc2)c2ccccc2C)N=O)ccn1. The molecule has 4 rings (SSSR count). The molecule has 1 aromatic heterocycles. The maximum absolute atomic E-state index is 12.1. The molecule has 0 N–H and O–H groups in total. The van der Waals surface area contributed by atoms with Crippen LogP contribution >= 0.6 is 0 Å². The van der Waals surface area contributed by atoms with Crippen LogP contribution in [0.2, 0.25) is 0 Å². The Hall–Kier alpha value is -3.34. The summed E-state index contributed by atoms with van der Waals surface area (Å²) in [6.07, 6.45) is 3.82. The van der Waals surface area contributed by atoms with Crippen molar-refractivity contribution in [3.63, 3.8) is 0 Å². The maximum Gasteiger partial charge on any atom is 0.227 e. The normalized spacial score (nSPS) is 15.7. The van der Waals surface area contributed by atoms with Crippen molar-refractivity contribution in [1.29, 1.82) is 0 Å². The summed E-state index contributed by atoms with van der Waals surface area (Å²) in [5, 5.41) is 3.48. The van der Waals surface area contributed by atoms with Crippen LogP contribution < -0.4 is 4.90 Å². The summed E-state index contributed by atoms with van der Waals surface area (Å²) < 4.78 is 0. The summed E-state index contributed by atoms with van der Waals surface area (Å²) in [5.74, 6) is 0.196. The average molecular weight is 414 g/mol. The lowest BCUT2D eigenvalue weighted by molar-refractivity contribution is -0.117. The van der Waals surface area contributed by atoms with Crippen molar-refractivity contribution in [3.05, 3.63) is 99.7 Å². The Morgan fingerprint density at radius 1 is 1.03 bits per heavy atom. The number of carbonyl (C=O) groups excluding carboxylic acids is 1. The third-order valence-corrected chi connectivity index (χ3v) is 6.14. The van der Waals surface area contributed by atoms with E-state index in [1.54, 1.807) is 6.20 Å². The highest BCUT2D eigenvalue weighted by atomic mass is 16.3. The number of nitroso groups, excluding NO2 is 1. The molecule has 1 saturated heterocycles. The van der Waals surface area contributed by atoms with Gasteiger partial charge in [0.05, 0.1) is 0 Å². The molecule has 1 amide bonds. The van der Waals surface area contributed by atoms with Crippen LogP contribution in [0.5, 0.6) is 0 Å². The molecule has 158 valence electrons. The predicted octanol–water partition coefficient (Wildman–Crippen LogP) is 5.85. The number of benzene rings is 2. The van der Waals surface area contributed by atoms with E-state index in [0.29, 0.717) is 12.8 Å². The van der Waals surface area contributed by atoms with Gasteiger partial charge in [0, 0.05) is 36.5 Å². The van der Waals surface area contributed by atoms with E-state index in [-0.39, 0.29) is 11.8 Å². The fourth-order valence-electron chi connectivity index (χ4n) is 4.47. The van der Waals surface area contributed by atoms with E-state index in [0.717, 1.165) is 35.5 Å². The standard InChI is InChI=1S/C26H27N3O2/c1-18-6-3-4-7-23(18)24(17-25(28-31)21-13-14-27-19(2)16-21)20-9-11-22(12-10-20)29-15-5-8-26(29)30/h3-4,6-7,9-14,16,24-25H,5,8,15,17H2,1-2H3/t24-,25?/m1/s1. The van der Waals surface area contributed by atoms with Crippen LogP contribution in [0, 0.1) is 18.8 Å². The second kappa shape index (κ2) is 9.21. The minimum atomic E-state index is -0.467. The van der Waals surface area contributed by atoms with Gasteiger partial charge in [0.2, 0.25) is 5.91 Å². The monoisotopic (exact) mass is 413 g/mol. The Balaban J connectivity index is 1.69. The first-order valence-corrected chi connectivity index (χ1v) is 10.8. The van der Waals surface area contributed by atoms with Crippen LogP contribution in [0.15, 0.2) is 72.0 Å². The van der Waals surface area contributed by atoms with Gasteiger partial charge in [0.1, 0.15) is 6.04 Å². The highest BCUT2D eigenvalue weighted by molar-refractivity contribution is 5.95. The highest BCUT2D eigenvalue weighted by Gasteiger charge is 2.25. The molecule has 5 nitrogen and oxygen atoms in total. The first-order valence-electron chi connectivity index (χ1n) is 10.8. The molecule has 0 saturated carbocycles. The highest BCUT2D eigenvalue weighted by Crippen LogP contribution is 2.38. The van der Waals surface area contributed by atoms with E-state index in [1.165, 1.54) is 11.1 Å². The summed E-state index contributed by atoms with van der Waals surface area (Å²) in [5.41, 5.74) is 6.18. The molecular weight excluding hydrogens is 386 g/mol. The smallest absolute Gasteiger partial charge is 0.227 e. The summed E-state index contributed by atoms with van der Waals surface area (Å²) in [6, 6.07) is 19.8. The molecule has 1 aliphatic rings. The molecule has 2 atom stereocenters. The van der Waals surface area contributed by atoms with Crippen LogP contribution in [-0.2, 0) is 4.79 Å². The molecule has 0 radical (unpaired) electrons. The summed E-state index contributed by atoms with van der Waals surface area (Å²) in [7, 11) is 0. The van der Waals surface area contributed by atoms with E-state index in [2.05, 4.69) is 41.4 Å². The lowest BCUT2D eigenvalue weighted by Crippen LogP contribution is -2.23. The number of hydrogen-bond donors (Lipinski definition) is 0. The van der Waals surface area contributed by atoms with Gasteiger partial charge in [-0.3, -0.25) is 9.78 Å². The lowest BCUT2D eigenvalue weighted by atomic mass is 9.82. The second-order valence-electron chi connectivity index (χ2n) is 8.24. The van der Waals surface area contributed by atoms with Crippen molar-refractivity contribution in [2.75, 3.05) is 11.4 Å². The van der Waals surface area contributed by atoms with E-state index >= 15 is 0 Å². The van der Waals surface area contributed by atoms with Crippen molar-refractivity contribution < 1.29 is 4.79 Å². The first kappa shape index (κ1) is 20.9. The Labute approximate surface area is 183 Å². The van der Waals surface area contributed by atoms with Crippen LogP contribution in [0.1, 0.15) is 59.2 Å². The van der Waals surface area contributed by atoms with E-state index in [1.807, 2.05) is 48.2 Å². The van der Waals surface area contributed by atoms with Crippen molar-refractivity contribution in [1.82, 2.24) is 4.98 Å². The molecule has 1 unspecified atom stereocenters. The maximum atomic E-state index is 12.1. The number of anilines is 1. The summed E-state index contributed by atoms with van der Waals surface area (Å²) in [4.78, 5) is 30.0. The molecule has 2 heterocycles. The van der Waals surface area contributed by atoms with Crippen molar-refractivity contribution in [2.24, 2.45) is 5.18 Å². The molecule has 1 aliphatic heterocycles. The Bertz CT molecular complexity index is 1080. The number of rotatable bonds is 7. The zero-order chi connectivity index (χ0) is 21.8. The van der Waals surface area contributed by atoms with Gasteiger partial charge in [0.15, 0.2) is 0 Å². The number of pyridine rings is 1. The Kier molecular flexibility index (Phi) is 6.21. The zero-order valence-corrected chi connectivity index (χ0v) is 18.0. The lowest BCUT2D eigenvalue weighted by Gasteiger charge is -2.24. The third-order valence-electron chi connectivity index (χ3n) is 6.14. The van der Waals surface area contributed by atoms with Gasteiger partial charge in [0.25, 0.3) is 0 Å². The second-order valence-corrected chi connectivity index (χ2v) is 8.24. The quantitative estimate of drug-likeness (QED) is 0.456. The number of carbonyl (C=O) groups is 1. The molecule has 31 heavy (non-hydrogen) atoms. The van der Waals surface area contributed by atoms with Crippen molar-refractivity contribution >= 4 is 11.6 Å². The number of nitrogens with zero attached hydrogens (tertiary/aromatic N) is 3. The number of hydrogen-bond acceptors (Lipinski definition) is 4. The largest absolute Gasteiger partial charge is 0.312 e. The summed E-state index contributed by atoms with van der Waals surface area (Å²) >= 11 is 0. The van der Waals surface area contributed by atoms with Gasteiger partial charge >= 0.3 is 0 Å². The van der Waals surface area contributed by atoms with Gasteiger partial charge in [-0.1, -0.05) is 41.6 Å². The Morgan fingerprint density at radius 2 is 1.81 bits per heavy atom. The average Bonchev–Trinajstić information content (AvgIpc) is 3.21. The zero-order valence-electron chi connectivity index (χ0n) is 18.0. The van der Waals surface area contributed by atoms with Gasteiger partial charge in [-0.05, 0) is 73.2 Å². The van der Waals surface area contributed by atoms with Crippen molar-refractivity contribution in [2.45, 2.75) is 45.1 Å². The van der Waals surface area contributed by atoms with Gasteiger partial charge < -0.3 is 4.90 Å². The minimum absolute atomic E-state index is 0.0145. The third kappa shape index (κ3) is 4.55. The molecule has 1 fully saturated rings. The van der Waals surface area contributed by atoms with Gasteiger partial charge in [-0.2, -0.15) is 4.91 Å². The summed E-state index contributed by atoms with van der Waals surface area (Å²) in [6.45, 7) is 4.79. The van der Waals surface area contributed by atoms with E-state index < -0.39 is 6.04 Å². The number of aryl methyl sites for hydroxylation is 2. The fraction of sp³-hybridized carbons (Fsp3) is 0.308. The molecule has 2 aromatic carbocycles. The van der Waals surface area contributed by atoms with E-state index in [4.69, 9.17) is 0 Å². The van der Waals surface area contributed by atoms with Gasteiger partial charge in [-0.15, -0.1) is 0 Å². The Morgan fingerprint density at radius 3 is 2.45 bits per heavy atom. The van der Waals surface area contributed by atoms with Crippen LogP contribution in [-0.4, -0.2) is 17.4 Å². The molecule has 0 bridgehead atoms. The minimum Gasteiger partial charge on any atom is -0.312 e. The van der Waals surface area contributed by atoms with Crippen LogP contribution in [0.3, 0.4) is 0 Å².